The molecule has 0 spiro atoms. The number of imidazole rings is 1. The zero-order valence-electron chi connectivity index (χ0n) is 8.51. The van der Waals surface area contributed by atoms with E-state index in [0.29, 0.717) is 0 Å². The average molecular weight is 247 g/mol. The Morgan fingerprint density at radius 3 is 2.94 bits per heavy atom. The van der Waals surface area contributed by atoms with E-state index in [2.05, 4.69) is 4.98 Å². The highest BCUT2D eigenvalue weighted by Gasteiger charge is 2.47. The predicted molar refractivity (Wildman–Crippen MR) is 50.8 cm³/mol. The van der Waals surface area contributed by atoms with E-state index >= 15 is 0 Å². The summed E-state index contributed by atoms with van der Waals surface area (Å²) in [7, 11) is 0. The fourth-order valence-corrected chi connectivity index (χ4v) is 1.73. The molecule has 0 amide bonds. The summed E-state index contributed by atoms with van der Waals surface area (Å²) in [6.07, 6.45) is -3.49. The number of nitro groups is 1. The van der Waals surface area contributed by atoms with Crippen LogP contribution in [-0.4, -0.2) is 49.7 Å². The number of aromatic nitrogens is 2. The summed E-state index contributed by atoms with van der Waals surface area (Å²) in [6, 6.07) is 0. The van der Waals surface area contributed by atoms with Crippen molar-refractivity contribution in [1.82, 2.24) is 9.55 Å². The molecule has 17 heavy (non-hydrogen) atoms. The number of aliphatic hydroxyl groups is 2. The van der Waals surface area contributed by atoms with Crippen molar-refractivity contribution in [3.8, 4) is 0 Å². The standard InChI is InChI=1S/C8H10FN3O5/c9-5-4(3-13)17-7(6(5)14)11-2-1-10-8(11)12(15)16/h1-2,4-7,13-14H,3H2/t4?,5-,6+,7+/m0/s1. The van der Waals surface area contributed by atoms with Gasteiger partial charge in [0, 0.05) is 0 Å². The van der Waals surface area contributed by atoms with E-state index in [1.165, 1.54) is 6.20 Å². The lowest BCUT2D eigenvalue weighted by molar-refractivity contribution is -0.398. The first kappa shape index (κ1) is 11.9. The lowest BCUT2D eigenvalue weighted by Crippen LogP contribution is -2.29. The molecule has 94 valence electrons. The minimum Gasteiger partial charge on any atom is -0.394 e. The van der Waals surface area contributed by atoms with E-state index in [1.54, 1.807) is 0 Å². The van der Waals surface area contributed by atoms with Gasteiger partial charge in [-0.05, 0) is 4.92 Å². The lowest BCUT2D eigenvalue weighted by atomic mass is 10.1. The number of ether oxygens (including phenoxy) is 1. The molecule has 1 unspecified atom stereocenters. The Labute approximate surface area is 94.4 Å². The summed E-state index contributed by atoms with van der Waals surface area (Å²) in [5.41, 5.74) is 0. The van der Waals surface area contributed by atoms with Gasteiger partial charge >= 0.3 is 5.95 Å². The van der Waals surface area contributed by atoms with Crippen LogP contribution >= 0.6 is 0 Å². The zero-order chi connectivity index (χ0) is 12.6. The van der Waals surface area contributed by atoms with Crippen LogP contribution in [0.5, 0.6) is 0 Å². The van der Waals surface area contributed by atoms with Crippen LogP contribution in [0, 0.1) is 10.1 Å². The first-order valence-corrected chi connectivity index (χ1v) is 4.82. The molecule has 4 atom stereocenters. The highest BCUT2D eigenvalue weighted by molar-refractivity contribution is 5.09. The molecule has 1 aliphatic heterocycles. The zero-order valence-corrected chi connectivity index (χ0v) is 8.51. The molecule has 2 N–H and O–H groups in total. The van der Waals surface area contributed by atoms with Gasteiger partial charge in [0.05, 0.1) is 6.61 Å². The largest absolute Gasteiger partial charge is 0.436 e. The molecule has 1 aromatic rings. The van der Waals surface area contributed by atoms with E-state index in [1.807, 2.05) is 0 Å². The van der Waals surface area contributed by atoms with Crippen LogP contribution in [0.4, 0.5) is 10.3 Å². The number of rotatable bonds is 3. The van der Waals surface area contributed by atoms with Gasteiger partial charge in [-0.25, -0.2) is 4.39 Å². The molecule has 0 aromatic carbocycles. The van der Waals surface area contributed by atoms with Gasteiger partial charge in [0.2, 0.25) is 6.23 Å². The molecule has 2 heterocycles. The summed E-state index contributed by atoms with van der Waals surface area (Å²) in [5.74, 6) is -0.556. The van der Waals surface area contributed by atoms with Crippen molar-refractivity contribution in [3.05, 3.63) is 22.5 Å². The molecule has 1 saturated heterocycles. The van der Waals surface area contributed by atoms with Gasteiger partial charge in [0.1, 0.15) is 24.6 Å². The Kier molecular flexibility index (Phi) is 3.05. The number of hydrogen-bond acceptors (Lipinski definition) is 6. The average Bonchev–Trinajstić information content (AvgIpc) is 2.86. The predicted octanol–water partition coefficient (Wildman–Crippen LogP) is -0.620. The fraction of sp³-hybridized carbons (Fsp3) is 0.625. The van der Waals surface area contributed by atoms with Crippen LogP contribution in [-0.2, 0) is 4.74 Å². The van der Waals surface area contributed by atoms with E-state index < -0.39 is 42.1 Å². The van der Waals surface area contributed by atoms with Crippen LogP contribution in [0.15, 0.2) is 12.4 Å². The quantitative estimate of drug-likeness (QED) is 0.544. The van der Waals surface area contributed by atoms with Gasteiger partial charge in [-0.2, -0.15) is 4.57 Å². The van der Waals surface area contributed by atoms with Crippen molar-refractivity contribution in [2.45, 2.75) is 24.6 Å². The minimum absolute atomic E-state index is 0.556. The summed E-state index contributed by atoms with van der Waals surface area (Å²) < 4.78 is 19.4. The maximum Gasteiger partial charge on any atom is 0.436 e. The van der Waals surface area contributed by atoms with Crippen LogP contribution in [0.3, 0.4) is 0 Å². The Morgan fingerprint density at radius 1 is 1.71 bits per heavy atom. The Balaban J connectivity index is 2.29. The Morgan fingerprint density at radius 2 is 2.41 bits per heavy atom. The second-order valence-corrected chi connectivity index (χ2v) is 3.57. The lowest BCUT2D eigenvalue weighted by Gasteiger charge is -2.12. The molecule has 2 rings (SSSR count). The summed E-state index contributed by atoms with van der Waals surface area (Å²) in [4.78, 5) is 13.3. The Bertz CT molecular complexity index is 425. The normalized spacial score (nSPS) is 32.9. The van der Waals surface area contributed by atoms with Crippen LogP contribution in [0.25, 0.3) is 0 Å². The van der Waals surface area contributed by atoms with Crippen LogP contribution in [0.2, 0.25) is 0 Å². The number of nitrogens with zero attached hydrogens (tertiary/aromatic N) is 3. The maximum atomic E-state index is 13.4. The number of halogens is 1. The number of hydrogen-bond donors (Lipinski definition) is 2. The fourth-order valence-electron chi connectivity index (χ4n) is 1.73. The topological polar surface area (TPSA) is 111 Å². The SMILES string of the molecule is O=[N+]([O-])c1nccn1[C@@H]1OC(CO)[C@H](F)[C@H]1O. The number of aliphatic hydroxyl groups excluding tert-OH is 2. The molecule has 1 fully saturated rings. The molecular weight excluding hydrogens is 237 g/mol. The minimum atomic E-state index is -1.80. The van der Waals surface area contributed by atoms with Crippen molar-refractivity contribution in [3.63, 3.8) is 0 Å². The highest BCUT2D eigenvalue weighted by Crippen LogP contribution is 2.33. The molecule has 0 radical (unpaired) electrons. The molecule has 1 aromatic heterocycles. The molecular formula is C8H10FN3O5. The second-order valence-electron chi connectivity index (χ2n) is 3.57. The van der Waals surface area contributed by atoms with Crippen molar-refractivity contribution < 1.29 is 24.3 Å². The van der Waals surface area contributed by atoms with Gasteiger partial charge in [0.15, 0.2) is 6.17 Å². The monoisotopic (exact) mass is 247 g/mol. The molecule has 1 aliphatic rings. The third-order valence-corrected chi connectivity index (χ3v) is 2.55. The molecule has 0 aliphatic carbocycles. The van der Waals surface area contributed by atoms with Crippen molar-refractivity contribution >= 4 is 5.95 Å². The first-order valence-electron chi connectivity index (χ1n) is 4.82. The highest BCUT2D eigenvalue weighted by atomic mass is 19.1. The van der Waals surface area contributed by atoms with E-state index in [0.717, 1.165) is 10.8 Å². The van der Waals surface area contributed by atoms with Crippen LogP contribution < -0.4 is 0 Å². The Hall–Kier alpha value is -1.58. The van der Waals surface area contributed by atoms with Gasteiger partial charge in [-0.15, -0.1) is 0 Å². The van der Waals surface area contributed by atoms with Gasteiger partial charge < -0.3 is 25.1 Å². The van der Waals surface area contributed by atoms with Crippen molar-refractivity contribution in [1.29, 1.82) is 0 Å². The number of alkyl halides is 1. The summed E-state index contributed by atoms with van der Waals surface area (Å²) in [5, 5.41) is 29.0. The van der Waals surface area contributed by atoms with E-state index in [9.17, 15) is 19.6 Å². The van der Waals surface area contributed by atoms with Crippen LogP contribution in [0.1, 0.15) is 6.23 Å². The third kappa shape index (κ3) is 1.88. The van der Waals surface area contributed by atoms with E-state index in [4.69, 9.17) is 9.84 Å². The molecule has 9 heteroatoms. The third-order valence-electron chi connectivity index (χ3n) is 2.55. The van der Waals surface area contributed by atoms with Crippen molar-refractivity contribution in [2.24, 2.45) is 0 Å². The molecule has 0 bridgehead atoms. The first-order chi connectivity index (χ1) is 8.06. The summed E-state index contributed by atoms with van der Waals surface area (Å²) in [6.45, 7) is -0.614. The van der Waals surface area contributed by atoms with Gasteiger partial charge in [-0.3, -0.25) is 0 Å². The van der Waals surface area contributed by atoms with Gasteiger partial charge in [-0.1, -0.05) is 4.98 Å². The maximum absolute atomic E-state index is 13.4. The second kappa shape index (κ2) is 4.35. The molecule has 0 saturated carbocycles. The molecule has 8 nitrogen and oxygen atoms in total. The van der Waals surface area contributed by atoms with Gasteiger partial charge in [0.25, 0.3) is 0 Å². The van der Waals surface area contributed by atoms with E-state index in [-0.39, 0.29) is 0 Å². The van der Waals surface area contributed by atoms with Crippen molar-refractivity contribution in [2.75, 3.05) is 6.61 Å². The smallest absolute Gasteiger partial charge is 0.394 e. The summed E-state index contributed by atoms with van der Waals surface area (Å²) >= 11 is 0.